The first-order valence-corrected chi connectivity index (χ1v) is 6.78. The molecule has 0 aliphatic rings. The van der Waals surface area contributed by atoms with Crippen LogP contribution < -0.4 is 10.1 Å². The van der Waals surface area contributed by atoms with E-state index in [1.165, 1.54) is 5.56 Å². The molecule has 0 aliphatic heterocycles. The Morgan fingerprint density at radius 2 is 2.15 bits per heavy atom. The Kier molecular flexibility index (Phi) is 4.18. The zero-order valence-corrected chi connectivity index (χ0v) is 12.9. The second-order valence-corrected chi connectivity index (χ2v) is 6.04. The second-order valence-electron chi connectivity index (χ2n) is 6.04. The van der Waals surface area contributed by atoms with Gasteiger partial charge in [0.25, 0.3) is 0 Å². The third kappa shape index (κ3) is 4.13. The van der Waals surface area contributed by atoms with Crippen LogP contribution in [0.25, 0.3) is 0 Å². The van der Waals surface area contributed by atoms with Gasteiger partial charge in [0, 0.05) is 24.7 Å². The smallest absolute Gasteiger partial charge is 0.157 e. The molecule has 20 heavy (non-hydrogen) atoms. The van der Waals surface area contributed by atoms with E-state index in [1.807, 2.05) is 26.2 Å². The SMILES string of the molecule is Cc1oc(COc2cnn(C)c2)cc1CNC(C)(C)C. The highest BCUT2D eigenvalue weighted by atomic mass is 16.5. The van der Waals surface area contributed by atoms with Crippen LogP contribution in [0.3, 0.4) is 0 Å². The van der Waals surface area contributed by atoms with Crippen LogP contribution in [0.15, 0.2) is 22.9 Å². The van der Waals surface area contributed by atoms with Gasteiger partial charge in [0.05, 0.1) is 12.4 Å². The van der Waals surface area contributed by atoms with Crippen molar-refractivity contribution in [3.05, 3.63) is 35.5 Å². The Morgan fingerprint density at radius 1 is 1.40 bits per heavy atom. The van der Waals surface area contributed by atoms with Gasteiger partial charge in [0.2, 0.25) is 0 Å². The molecule has 5 nitrogen and oxygen atoms in total. The highest BCUT2D eigenvalue weighted by Crippen LogP contribution is 2.18. The zero-order valence-electron chi connectivity index (χ0n) is 12.9. The molecule has 1 N–H and O–H groups in total. The van der Waals surface area contributed by atoms with Crippen LogP contribution in [0.1, 0.15) is 37.9 Å². The topological polar surface area (TPSA) is 52.2 Å². The largest absolute Gasteiger partial charge is 0.482 e. The number of nitrogens with zero attached hydrogens (tertiary/aromatic N) is 2. The molecule has 0 spiro atoms. The maximum Gasteiger partial charge on any atom is 0.157 e. The van der Waals surface area contributed by atoms with Gasteiger partial charge in [-0.15, -0.1) is 0 Å². The second kappa shape index (κ2) is 5.71. The molecule has 2 rings (SSSR count). The summed E-state index contributed by atoms with van der Waals surface area (Å²) in [6, 6.07) is 2.05. The lowest BCUT2D eigenvalue weighted by Crippen LogP contribution is -2.35. The molecule has 0 bridgehead atoms. The van der Waals surface area contributed by atoms with Crippen molar-refractivity contribution in [1.82, 2.24) is 15.1 Å². The van der Waals surface area contributed by atoms with Gasteiger partial charge in [-0.05, 0) is 33.8 Å². The van der Waals surface area contributed by atoms with E-state index >= 15 is 0 Å². The van der Waals surface area contributed by atoms with E-state index in [1.54, 1.807) is 10.9 Å². The quantitative estimate of drug-likeness (QED) is 0.913. The van der Waals surface area contributed by atoms with Crippen LogP contribution in [0.2, 0.25) is 0 Å². The molecule has 2 heterocycles. The van der Waals surface area contributed by atoms with Gasteiger partial charge >= 0.3 is 0 Å². The van der Waals surface area contributed by atoms with E-state index in [2.05, 4.69) is 31.2 Å². The van der Waals surface area contributed by atoms with E-state index in [4.69, 9.17) is 9.15 Å². The fraction of sp³-hybridized carbons (Fsp3) is 0.533. The number of rotatable bonds is 5. The standard InChI is InChI=1S/C15H23N3O2/c1-11-12(7-16-15(2,3)4)6-13(20-11)10-19-14-8-17-18(5)9-14/h6,8-9,16H,7,10H2,1-5H3. The Bertz CT molecular complexity index is 564. The van der Waals surface area contributed by atoms with Crippen molar-refractivity contribution in [2.45, 2.75) is 46.4 Å². The summed E-state index contributed by atoms with van der Waals surface area (Å²) in [7, 11) is 1.86. The van der Waals surface area contributed by atoms with Crippen LogP contribution in [0.5, 0.6) is 5.75 Å². The van der Waals surface area contributed by atoms with Gasteiger partial charge in [-0.1, -0.05) is 0 Å². The molecular weight excluding hydrogens is 254 g/mol. The van der Waals surface area contributed by atoms with Crippen molar-refractivity contribution in [3.8, 4) is 5.75 Å². The van der Waals surface area contributed by atoms with Crippen molar-refractivity contribution < 1.29 is 9.15 Å². The number of aryl methyl sites for hydroxylation is 2. The van der Waals surface area contributed by atoms with Crippen molar-refractivity contribution >= 4 is 0 Å². The van der Waals surface area contributed by atoms with Crippen LogP contribution >= 0.6 is 0 Å². The lowest BCUT2D eigenvalue weighted by molar-refractivity contribution is 0.267. The van der Waals surface area contributed by atoms with Gasteiger partial charge in [0.1, 0.15) is 18.1 Å². The molecule has 0 saturated heterocycles. The lowest BCUT2D eigenvalue weighted by atomic mass is 10.1. The molecule has 0 aromatic carbocycles. The average molecular weight is 277 g/mol. The Hall–Kier alpha value is -1.75. The van der Waals surface area contributed by atoms with Crippen LogP contribution in [0, 0.1) is 6.92 Å². The van der Waals surface area contributed by atoms with Crippen LogP contribution in [0.4, 0.5) is 0 Å². The molecule has 0 radical (unpaired) electrons. The summed E-state index contributed by atoms with van der Waals surface area (Å²) in [6.07, 6.45) is 3.52. The summed E-state index contributed by atoms with van der Waals surface area (Å²) in [5, 5.41) is 7.51. The van der Waals surface area contributed by atoms with E-state index in [9.17, 15) is 0 Å². The highest BCUT2D eigenvalue weighted by Gasteiger charge is 2.13. The fourth-order valence-corrected chi connectivity index (χ4v) is 1.82. The third-order valence-corrected chi connectivity index (χ3v) is 2.94. The molecular formula is C15H23N3O2. The molecule has 0 unspecified atom stereocenters. The number of aromatic nitrogens is 2. The number of hydrogen-bond acceptors (Lipinski definition) is 4. The molecule has 0 saturated carbocycles. The van der Waals surface area contributed by atoms with E-state index < -0.39 is 0 Å². The minimum Gasteiger partial charge on any atom is -0.482 e. The molecule has 2 aromatic rings. The predicted octanol–water partition coefficient (Wildman–Crippen LogP) is 2.79. The summed E-state index contributed by atoms with van der Waals surface area (Å²) in [5.74, 6) is 2.51. The Labute approximate surface area is 119 Å². The van der Waals surface area contributed by atoms with Gasteiger partial charge < -0.3 is 14.5 Å². The van der Waals surface area contributed by atoms with Crippen molar-refractivity contribution in [3.63, 3.8) is 0 Å². The summed E-state index contributed by atoms with van der Waals surface area (Å²) >= 11 is 0. The Morgan fingerprint density at radius 3 is 2.75 bits per heavy atom. The normalized spacial score (nSPS) is 11.8. The molecule has 2 aromatic heterocycles. The summed E-state index contributed by atoms with van der Waals surface area (Å²) < 4.78 is 13.1. The van der Waals surface area contributed by atoms with Crippen molar-refractivity contribution in [2.75, 3.05) is 0 Å². The third-order valence-electron chi connectivity index (χ3n) is 2.94. The molecule has 5 heteroatoms. The molecule has 0 atom stereocenters. The average Bonchev–Trinajstić information content (AvgIpc) is 2.90. The van der Waals surface area contributed by atoms with Gasteiger partial charge in [-0.3, -0.25) is 4.68 Å². The van der Waals surface area contributed by atoms with E-state index in [-0.39, 0.29) is 5.54 Å². The summed E-state index contributed by atoms with van der Waals surface area (Å²) in [6.45, 7) is 9.64. The minimum absolute atomic E-state index is 0.0933. The maximum absolute atomic E-state index is 5.72. The van der Waals surface area contributed by atoms with Gasteiger partial charge in [0.15, 0.2) is 5.75 Å². The minimum atomic E-state index is 0.0933. The monoisotopic (exact) mass is 277 g/mol. The number of ether oxygens (including phenoxy) is 1. The Balaban J connectivity index is 1.93. The van der Waals surface area contributed by atoms with E-state index in [0.717, 1.165) is 23.8 Å². The first-order valence-electron chi connectivity index (χ1n) is 6.78. The lowest BCUT2D eigenvalue weighted by Gasteiger charge is -2.20. The number of hydrogen-bond donors (Lipinski definition) is 1. The molecule has 0 fully saturated rings. The van der Waals surface area contributed by atoms with E-state index in [0.29, 0.717) is 6.61 Å². The van der Waals surface area contributed by atoms with Crippen molar-refractivity contribution in [1.29, 1.82) is 0 Å². The van der Waals surface area contributed by atoms with Crippen molar-refractivity contribution in [2.24, 2.45) is 7.05 Å². The first-order chi connectivity index (χ1) is 9.33. The number of furan rings is 1. The summed E-state index contributed by atoms with van der Waals surface area (Å²) in [4.78, 5) is 0. The predicted molar refractivity (Wildman–Crippen MR) is 77.6 cm³/mol. The summed E-state index contributed by atoms with van der Waals surface area (Å²) in [5.41, 5.74) is 1.26. The molecule has 0 aliphatic carbocycles. The van der Waals surface area contributed by atoms with Crippen LogP contribution in [-0.2, 0) is 20.2 Å². The zero-order chi connectivity index (χ0) is 14.8. The fourth-order valence-electron chi connectivity index (χ4n) is 1.82. The van der Waals surface area contributed by atoms with Gasteiger partial charge in [-0.2, -0.15) is 5.10 Å². The number of nitrogens with one attached hydrogen (secondary N) is 1. The molecule has 0 amide bonds. The van der Waals surface area contributed by atoms with Crippen LogP contribution in [-0.4, -0.2) is 15.3 Å². The molecule has 110 valence electrons. The maximum atomic E-state index is 5.72. The first kappa shape index (κ1) is 14.7. The highest BCUT2D eigenvalue weighted by molar-refractivity contribution is 5.21. The van der Waals surface area contributed by atoms with Gasteiger partial charge in [-0.25, -0.2) is 0 Å².